The molecule has 1 aliphatic carbocycles. The van der Waals surface area contributed by atoms with Gasteiger partial charge in [-0.15, -0.1) is 11.3 Å². The third-order valence-corrected chi connectivity index (χ3v) is 6.23. The minimum atomic E-state index is 0.0874. The average molecular weight is 342 g/mol. The van der Waals surface area contributed by atoms with E-state index in [1.165, 1.54) is 35.0 Å². The normalized spacial score (nSPS) is 14.2. The van der Waals surface area contributed by atoms with Crippen LogP contribution in [0.5, 0.6) is 0 Å². The van der Waals surface area contributed by atoms with Crippen molar-refractivity contribution in [1.82, 2.24) is 9.55 Å². The lowest BCUT2D eigenvalue weighted by Crippen LogP contribution is -2.22. The Bertz CT molecular complexity index is 956. The molecule has 3 aromatic rings. The Hall–Kier alpha value is -1.59. The van der Waals surface area contributed by atoms with Gasteiger partial charge in [-0.25, -0.2) is 4.98 Å². The molecule has 0 amide bonds. The molecule has 23 heavy (non-hydrogen) atoms. The van der Waals surface area contributed by atoms with Gasteiger partial charge >= 0.3 is 0 Å². The van der Waals surface area contributed by atoms with Crippen LogP contribution in [0.1, 0.15) is 28.8 Å². The molecule has 118 valence electrons. The third-order valence-electron chi connectivity index (χ3n) is 4.40. The molecule has 0 saturated carbocycles. The summed E-state index contributed by atoms with van der Waals surface area (Å²) >= 11 is 3.24. The van der Waals surface area contributed by atoms with Crippen LogP contribution in [0.15, 0.2) is 34.2 Å². The fourth-order valence-corrected chi connectivity index (χ4v) is 5.18. The van der Waals surface area contributed by atoms with Gasteiger partial charge in [0.2, 0.25) is 0 Å². The van der Waals surface area contributed by atoms with E-state index in [0.717, 1.165) is 39.5 Å². The lowest BCUT2D eigenvalue weighted by Gasteiger charge is -2.13. The fraction of sp³-hybridized carbons (Fsp3) is 0.333. The molecule has 0 atom stereocenters. The number of benzene rings is 1. The number of aromatic nitrogens is 2. The van der Waals surface area contributed by atoms with Gasteiger partial charge < -0.3 is 0 Å². The molecule has 0 N–H and O–H groups in total. The summed E-state index contributed by atoms with van der Waals surface area (Å²) in [5, 5.41) is 1.62. The van der Waals surface area contributed by atoms with E-state index >= 15 is 0 Å². The van der Waals surface area contributed by atoms with Gasteiger partial charge in [-0.1, -0.05) is 23.9 Å². The lowest BCUT2D eigenvalue weighted by atomic mass is 9.97. The summed E-state index contributed by atoms with van der Waals surface area (Å²) in [6.07, 6.45) is 6.48. The second kappa shape index (κ2) is 5.80. The number of rotatable bonds is 2. The van der Waals surface area contributed by atoms with Crippen molar-refractivity contribution in [3.63, 3.8) is 0 Å². The zero-order chi connectivity index (χ0) is 16.0. The van der Waals surface area contributed by atoms with Crippen LogP contribution in [0, 0.1) is 6.92 Å². The molecule has 3 nitrogen and oxygen atoms in total. The number of hydrogen-bond donors (Lipinski definition) is 0. The number of nitrogens with zero attached hydrogens (tertiary/aromatic N) is 2. The SMILES string of the molecule is CSc1nc2sc3c(c2c(=O)n1-c1cccc(C)c1)CCCC3. The monoisotopic (exact) mass is 342 g/mol. The minimum Gasteiger partial charge on any atom is -0.268 e. The number of thiophene rings is 1. The first-order chi connectivity index (χ1) is 11.2. The largest absolute Gasteiger partial charge is 0.268 e. The molecule has 2 aromatic heterocycles. The highest BCUT2D eigenvalue weighted by Crippen LogP contribution is 2.34. The number of aryl methyl sites for hydroxylation is 3. The molecule has 0 aliphatic heterocycles. The van der Waals surface area contributed by atoms with Crippen LogP contribution >= 0.6 is 23.1 Å². The van der Waals surface area contributed by atoms with E-state index < -0.39 is 0 Å². The molecule has 1 aromatic carbocycles. The van der Waals surface area contributed by atoms with E-state index in [2.05, 4.69) is 0 Å². The van der Waals surface area contributed by atoms with Gasteiger partial charge in [-0.3, -0.25) is 9.36 Å². The van der Waals surface area contributed by atoms with Gasteiger partial charge in [0, 0.05) is 4.88 Å². The molecule has 0 unspecified atom stereocenters. The quantitative estimate of drug-likeness (QED) is 0.513. The Morgan fingerprint density at radius 3 is 2.87 bits per heavy atom. The summed E-state index contributed by atoms with van der Waals surface area (Å²) < 4.78 is 1.78. The van der Waals surface area contributed by atoms with Gasteiger partial charge in [0.05, 0.1) is 11.1 Å². The van der Waals surface area contributed by atoms with Gasteiger partial charge in [-0.2, -0.15) is 0 Å². The van der Waals surface area contributed by atoms with Gasteiger partial charge in [0.15, 0.2) is 5.16 Å². The van der Waals surface area contributed by atoms with Crippen LogP contribution in [0.25, 0.3) is 15.9 Å². The van der Waals surface area contributed by atoms with Gasteiger partial charge in [-0.05, 0) is 62.1 Å². The van der Waals surface area contributed by atoms with Crippen molar-refractivity contribution in [1.29, 1.82) is 0 Å². The van der Waals surface area contributed by atoms with Crippen molar-refractivity contribution >= 4 is 33.3 Å². The summed E-state index contributed by atoms with van der Waals surface area (Å²) in [4.78, 5) is 20.4. The molecule has 2 heterocycles. The van der Waals surface area contributed by atoms with Crippen molar-refractivity contribution in [2.75, 3.05) is 6.26 Å². The van der Waals surface area contributed by atoms with E-state index in [1.807, 2.05) is 37.4 Å². The van der Waals surface area contributed by atoms with E-state index in [-0.39, 0.29) is 5.56 Å². The predicted molar refractivity (Wildman–Crippen MR) is 98.4 cm³/mol. The van der Waals surface area contributed by atoms with E-state index in [4.69, 9.17) is 4.98 Å². The molecule has 5 heteroatoms. The van der Waals surface area contributed by atoms with Crippen molar-refractivity contribution < 1.29 is 0 Å². The molecule has 0 saturated heterocycles. The number of fused-ring (bicyclic) bond motifs is 3. The zero-order valence-corrected chi connectivity index (χ0v) is 14.9. The van der Waals surface area contributed by atoms with E-state index in [0.29, 0.717) is 0 Å². The summed E-state index contributed by atoms with van der Waals surface area (Å²) in [7, 11) is 0. The van der Waals surface area contributed by atoms with Gasteiger partial charge in [0.25, 0.3) is 5.56 Å². The third kappa shape index (κ3) is 2.42. The standard InChI is InChI=1S/C18H18N2OS2/c1-11-6-5-7-12(10-11)20-17(21)15-13-8-3-4-9-14(13)23-16(15)19-18(20)22-2/h5-7,10H,3-4,8-9H2,1-2H3. The smallest absolute Gasteiger partial charge is 0.267 e. The van der Waals surface area contributed by atoms with Crippen molar-refractivity contribution in [3.05, 3.63) is 50.6 Å². The highest BCUT2D eigenvalue weighted by Gasteiger charge is 2.22. The highest BCUT2D eigenvalue weighted by atomic mass is 32.2. The lowest BCUT2D eigenvalue weighted by molar-refractivity contribution is 0.699. The Balaban J connectivity index is 2.07. The maximum absolute atomic E-state index is 13.3. The molecule has 0 radical (unpaired) electrons. The van der Waals surface area contributed by atoms with Gasteiger partial charge in [0.1, 0.15) is 4.83 Å². The Morgan fingerprint density at radius 2 is 2.09 bits per heavy atom. The first kappa shape index (κ1) is 15.0. The fourth-order valence-electron chi connectivity index (χ4n) is 3.32. The molecule has 0 spiro atoms. The Labute approximate surface area is 143 Å². The predicted octanol–water partition coefficient (Wildman–Crippen LogP) is 4.36. The van der Waals surface area contributed by atoms with Crippen LogP contribution in [0.3, 0.4) is 0 Å². The van der Waals surface area contributed by atoms with E-state index in [1.54, 1.807) is 15.9 Å². The van der Waals surface area contributed by atoms with Crippen LogP contribution < -0.4 is 5.56 Å². The van der Waals surface area contributed by atoms with Crippen molar-refractivity contribution in [2.45, 2.75) is 37.8 Å². The molecule has 1 aliphatic rings. The number of thioether (sulfide) groups is 1. The summed E-state index contributed by atoms with van der Waals surface area (Å²) in [6.45, 7) is 2.05. The molecule has 0 bridgehead atoms. The maximum Gasteiger partial charge on any atom is 0.267 e. The maximum atomic E-state index is 13.3. The molecular formula is C18H18N2OS2. The summed E-state index contributed by atoms with van der Waals surface area (Å²) in [5.74, 6) is 0. The first-order valence-corrected chi connectivity index (χ1v) is 9.91. The molecular weight excluding hydrogens is 324 g/mol. The zero-order valence-electron chi connectivity index (χ0n) is 13.3. The van der Waals surface area contributed by atoms with Crippen molar-refractivity contribution in [3.8, 4) is 5.69 Å². The second-order valence-electron chi connectivity index (χ2n) is 5.97. The topological polar surface area (TPSA) is 34.9 Å². The van der Waals surface area contributed by atoms with Crippen LogP contribution in [0.4, 0.5) is 0 Å². The second-order valence-corrected chi connectivity index (χ2v) is 7.83. The first-order valence-electron chi connectivity index (χ1n) is 7.87. The molecule has 4 rings (SSSR count). The van der Waals surface area contributed by atoms with E-state index in [9.17, 15) is 4.79 Å². The van der Waals surface area contributed by atoms with Crippen LogP contribution in [-0.4, -0.2) is 15.8 Å². The molecule has 0 fully saturated rings. The number of hydrogen-bond acceptors (Lipinski definition) is 4. The minimum absolute atomic E-state index is 0.0874. The summed E-state index contributed by atoms with van der Waals surface area (Å²) in [6, 6.07) is 8.08. The van der Waals surface area contributed by atoms with Crippen LogP contribution in [0.2, 0.25) is 0 Å². The highest BCUT2D eigenvalue weighted by molar-refractivity contribution is 7.98. The average Bonchev–Trinajstić information content (AvgIpc) is 2.93. The Kier molecular flexibility index (Phi) is 3.77. The summed E-state index contributed by atoms with van der Waals surface area (Å²) in [5.41, 5.74) is 3.39. The van der Waals surface area contributed by atoms with Crippen molar-refractivity contribution in [2.24, 2.45) is 0 Å². The Morgan fingerprint density at radius 1 is 1.26 bits per heavy atom. The van der Waals surface area contributed by atoms with Crippen LogP contribution in [-0.2, 0) is 12.8 Å².